The van der Waals surface area contributed by atoms with Gasteiger partial charge in [0.2, 0.25) is 0 Å². The van der Waals surface area contributed by atoms with E-state index >= 15 is 0 Å². The van der Waals surface area contributed by atoms with E-state index in [9.17, 15) is 5.26 Å². The Kier molecular flexibility index (Phi) is 4.45. The summed E-state index contributed by atoms with van der Waals surface area (Å²) < 4.78 is 1.83. The fraction of sp³-hybridized carbons (Fsp3) is 0.167. The summed E-state index contributed by atoms with van der Waals surface area (Å²) in [6.07, 6.45) is 1.68. The smallest absolute Gasteiger partial charge is 0.135 e. The van der Waals surface area contributed by atoms with Crippen LogP contribution in [0.1, 0.15) is 22.0 Å². The molecule has 0 aliphatic carbocycles. The van der Waals surface area contributed by atoms with E-state index in [0.717, 1.165) is 22.9 Å². The maximum Gasteiger partial charge on any atom is 0.135 e. The first-order valence-electron chi connectivity index (χ1n) is 7.50. The molecule has 0 aliphatic heterocycles. The average Bonchev–Trinajstić information content (AvgIpc) is 3.15. The van der Waals surface area contributed by atoms with E-state index in [-0.39, 0.29) is 0 Å². The number of nitriles is 1. The lowest BCUT2D eigenvalue weighted by Crippen LogP contribution is -2.02. The Labute approximate surface area is 144 Å². The Balaban J connectivity index is 1.92. The van der Waals surface area contributed by atoms with Crippen LogP contribution in [0.2, 0.25) is 0 Å². The molecule has 0 radical (unpaired) electrons. The normalized spacial score (nSPS) is 11.3. The molecule has 0 saturated carbocycles. The molecule has 0 bridgehead atoms. The highest BCUT2D eigenvalue weighted by molar-refractivity contribution is 7.10. The second-order valence-electron chi connectivity index (χ2n) is 5.53. The van der Waals surface area contributed by atoms with Gasteiger partial charge in [-0.2, -0.15) is 10.4 Å². The number of aryl methyl sites for hydroxylation is 3. The molecule has 120 valence electrons. The molecule has 1 aromatic carbocycles. The van der Waals surface area contributed by atoms with Gasteiger partial charge in [-0.15, -0.1) is 11.3 Å². The van der Waals surface area contributed by atoms with E-state index < -0.39 is 0 Å². The highest BCUT2D eigenvalue weighted by atomic mass is 32.1. The van der Waals surface area contributed by atoms with E-state index in [2.05, 4.69) is 28.4 Å². The van der Waals surface area contributed by atoms with E-state index in [1.165, 1.54) is 16.9 Å². The number of allylic oxidation sites excluding steroid dienone is 1. The van der Waals surface area contributed by atoms with Gasteiger partial charge < -0.3 is 5.32 Å². The minimum Gasteiger partial charge on any atom is -0.345 e. The lowest BCUT2D eigenvalue weighted by atomic mass is 10.2. The van der Waals surface area contributed by atoms with Crippen LogP contribution in [0.15, 0.2) is 41.9 Å². The summed E-state index contributed by atoms with van der Waals surface area (Å²) in [4.78, 5) is 4.35. The van der Waals surface area contributed by atoms with Gasteiger partial charge in [0, 0.05) is 23.3 Å². The molecule has 5 nitrogen and oxygen atoms in total. The Morgan fingerprint density at radius 3 is 2.58 bits per heavy atom. The van der Waals surface area contributed by atoms with Crippen molar-refractivity contribution in [2.24, 2.45) is 0 Å². The highest BCUT2D eigenvalue weighted by Crippen LogP contribution is 2.21. The number of nitrogens with one attached hydrogen (secondary N) is 1. The third-order valence-corrected chi connectivity index (χ3v) is 4.44. The van der Waals surface area contributed by atoms with Crippen LogP contribution in [0.3, 0.4) is 0 Å². The van der Waals surface area contributed by atoms with Crippen molar-refractivity contribution in [3.63, 3.8) is 0 Å². The summed E-state index contributed by atoms with van der Waals surface area (Å²) in [7, 11) is 0. The van der Waals surface area contributed by atoms with Crippen LogP contribution in [-0.2, 0) is 0 Å². The predicted molar refractivity (Wildman–Crippen MR) is 97.1 cm³/mol. The molecule has 3 rings (SSSR count). The van der Waals surface area contributed by atoms with Crippen molar-refractivity contribution in [2.75, 3.05) is 5.32 Å². The minimum absolute atomic E-state index is 0.502. The first-order chi connectivity index (χ1) is 11.6. The first-order valence-corrected chi connectivity index (χ1v) is 8.38. The molecular weight excluding hydrogens is 318 g/mol. The van der Waals surface area contributed by atoms with Gasteiger partial charge in [-0.05, 0) is 32.9 Å². The second-order valence-corrected chi connectivity index (χ2v) is 6.38. The molecule has 0 saturated heterocycles. The highest BCUT2D eigenvalue weighted by Gasteiger charge is 2.09. The fourth-order valence-electron chi connectivity index (χ4n) is 2.25. The lowest BCUT2D eigenvalue weighted by molar-refractivity contribution is 0.868. The van der Waals surface area contributed by atoms with E-state index in [1.54, 1.807) is 6.20 Å². The zero-order valence-electron chi connectivity index (χ0n) is 13.7. The van der Waals surface area contributed by atoms with Gasteiger partial charge in [0.05, 0.1) is 11.4 Å². The van der Waals surface area contributed by atoms with Crippen LogP contribution in [-0.4, -0.2) is 14.8 Å². The molecule has 1 N–H and O–H groups in total. The van der Waals surface area contributed by atoms with Crippen LogP contribution in [0.25, 0.3) is 11.3 Å². The van der Waals surface area contributed by atoms with E-state index in [1.807, 2.05) is 54.2 Å². The van der Waals surface area contributed by atoms with Gasteiger partial charge in [0.1, 0.15) is 22.5 Å². The molecule has 2 aromatic heterocycles. The zero-order valence-corrected chi connectivity index (χ0v) is 14.6. The lowest BCUT2D eigenvalue weighted by Gasteiger charge is -2.07. The number of benzene rings is 1. The Hall–Kier alpha value is -2.91. The number of hydrogen-bond acceptors (Lipinski definition) is 5. The SMILES string of the molecule is Cc1ccc(-n2nc(C)cc2N/C=C(\C#N)c2nc(C)cs2)cc1. The van der Waals surface area contributed by atoms with Crippen LogP contribution < -0.4 is 5.32 Å². The summed E-state index contributed by atoms with van der Waals surface area (Å²) in [5.74, 6) is 0.803. The van der Waals surface area contributed by atoms with Crippen molar-refractivity contribution in [1.82, 2.24) is 14.8 Å². The molecule has 0 fully saturated rings. The molecule has 0 amide bonds. The maximum absolute atomic E-state index is 9.37. The molecule has 3 aromatic rings. The number of rotatable bonds is 4. The zero-order chi connectivity index (χ0) is 17.1. The van der Waals surface area contributed by atoms with Crippen molar-refractivity contribution in [1.29, 1.82) is 5.26 Å². The second kappa shape index (κ2) is 6.69. The monoisotopic (exact) mass is 335 g/mol. The summed E-state index contributed by atoms with van der Waals surface area (Å²) in [5, 5.41) is 19.7. The molecular formula is C18H17N5S. The van der Waals surface area contributed by atoms with Crippen molar-refractivity contribution < 1.29 is 0 Å². The number of aromatic nitrogens is 3. The summed E-state index contributed by atoms with van der Waals surface area (Å²) in [6.45, 7) is 5.91. The van der Waals surface area contributed by atoms with Crippen molar-refractivity contribution in [2.45, 2.75) is 20.8 Å². The largest absolute Gasteiger partial charge is 0.345 e. The van der Waals surface area contributed by atoms with E-state index in [4.69, 9.17) is 0 Å². The van der Waals surface area contributed by atoms with Crippen LogP contribution >= 0.6 is 11.3 Å². The van der Waals surface area contributed by atoms with Gasteiger partial charge in [0.25, 0.3) is 0 Å². The van der Waals surface area contributed by atoms with Gasteiger partial charge >= 0.3 is 0 Å². The molecule has 6 heteroatoms. The Morgan fingerprint density at radius 1 is 1.21 bits per heavy atom. The van der Waals surface area contributed by atoms with Crippen molar-refractivity contribution >= 4 is 22.7 Å². The fourth-order valence-corrected chi connectivity index (χ4v) is 3.01. The van der Waals surface area contributed by atoms with Crippen LogP contribution in [0.5, 0.6) is 0 Å². The molecule has 0 unspecified atom stereocenters. The van der Waals surface area contributed by atoms with Crippen LogP contribution in [0, 0.1) is 32.1 Å². The van der Waals surface area contributed by atoms with Gasteiger partial charge in [-0.25, -0.2) is 9.67 Å². The summed E-state index contributed by atoms with van der Waals surface area (Å²) >= 11 is 1.46. The van der Waals surface area contributed by atoms with Gasteiger partial charge in [0.15, 0.2) is 0 Å². The standard InChI is InChI=1S/C18H17N5S/c1-12-4-6-16(7-5-12)23-17(8-13(2)22-23)20-10-15(9-19)18-21-14(3)11-24-18/h4-8,10-11,20H,1-3H3/b15-10+. The molecule has 0 aliphatic rings. The van der Waals surface area contributed by atoms with Crippen LogP contribution in [0.4, 0.5) is 5.82 Å². The Morgan fingerprint density at radius 2 is 1.96 bits per heavy atom. The number of hydrogen-bond donors (Lipinski definition) is 1. The maximum atomic E-state index is 9.37. The third-order valence-electron chi connectivity index (χ3n) is 3.44. The van der Waals surface area contributed by atoms with E-state index in [0.29, 0.717) is 10.6 Å². The molecule has 0 spiro atoms. The Bertz CT molecular complexity index is 925. The number of anilines is 1. The molecule has 0 atom stereocenters. The summed E-state index contributed by atoms with van der Waals surface area (Å²) in [6, 6.07) is 12.3. The number of thiazole rings is 1. The van der Waals surface area contributed by atoms with Gasteiger partial charge in [-0.3, -0.25) is 0 Å². The third kappa shape index (κ3) is 3.36. The minimum atomic E-state index is 0.502. The summed E-state index contributed by atoms with van der Waals surface area (Å²) in [5.41, 5.74) is 4.48. The molecule has 24 heavy (non-hydrogen) atoms. The van der Waals surface area contributed by atoms with Crippen molar-refractivity contribution in [3.05, 3.63) is 63.9 Å². The first kappa shape index (κ1) is 16.0. The van der Waals surface area contributed by atoms with Crippen molar-refractivity contribution in [3.8, 4) is 11.8 Å². The average molecular weight is 335 g/mol. The topological polar surface area (TPSA) is 66.5 Å². The predicted octanol–water partition coefficient (Wildman–Crippen LogP) is 4.23. The van der Waals surface area contributed by atoms with Gasteiger partial charge in [-0.1, -0.05) is 17.7 Å². The number of nitrogens with zero attached hydrogens (tertiary/aromatic N) is 4. The molecule has 2 heterocycles. The quantitative estimate of drug-likeness (QED) is 0.725.